The van der Waals surface area contributed by atoms with Crippen molar-refractivity contribution in [3.05, 3.63) is 176 Å². The van der Waals surface area contributed by atoms with Crippen LogP contribution in [0.25, 0.3) is 113 Å². The Morgan fingerprint density at radius 3 is 1.87 bits per heavy atom. The molecule has 12 rings (SSSR count). The first-order valence-electron chi connectivity index (χ1n) is 18.3. The summed E-state index contributed by atoms with van der Waals surface area (Å²) < 4.78 is 4.99. The number of pyridine rings is 2. The van der Waals surface area contributed by atoms with Gasteiger partial charge >= 0.3 is 0 Å². The lowest BCUT2D eigenvalue weighted by atomic mass is 9.89. The smallest absolute Gasteiger partial charge is 0.139 e. The van der Waals surface area contributed by atoms with E-state index in [4.69, 9.17) is 9.97 Å². The molecular formula is C50H29N3S. The van der Waals surface area contributed by atoms with Gasteiger partial charge in [0.2, 0.25) is 0 Å². The van der Waals surface area contributed by atoms with Crippen molar-refractivity contribution in [2.75, 3.05) is 0 Å². The lowest BCUT2D eigenvalue weighted by Crippen LogP contribution is -2.00. The van der Waals surface area contributed by atoms with Crippen LogP contribution >= 0.6 is 11.3 Å². The summed E-state index contributed by atoms with van der Waals surface area (Å²) in [5.41, 5.74) is 8.62. The molecular weight excluding hydrogens is 675 g/mol. The summed E-state index contributed by atoms with van der Waals surface area (Å²) in [6, 6.07) is 61.4. The summed E-state index contributed by atoms with van der Waals surface area (Å²) in [6.45, 7) is 0. The summed E-state index contributed by atoms with van der Waals surface area (Å²) >= 11 is 1.89. The molecule has 54 heavy (non-hydrogen) atoms. The Balaban J connectivity index is 1.30. The average Bonchev–Trinajstić information content (AvgIpc) is 3.80. The molecule has 0 bridgehead atoms. The van der Waals surface area contributed by atoms with Crippen LogP contribution in [0.2, 0.25) is 0 Å². The van der Waals surface area contributed by atoms with E-state index in [9.17, 15) is 0 Å². The predicted molar refractivity (Wildman–Crippen MR) is 230 cm³/mol. The molecule has 0 aliphatic heterocycles. The third-order valence-electron chi connectivity index (χ3n) is 11.2. The van der Waals surface area contributed by atoms with Crippen LogP contribution in [0.1, 0.15) is 0 Å². The lowest BCUT2D eigenvalue weighted by Gasteiger charge is -2.15. The number of para-hydroxylation sites is 1. The Morgan fingerprint density at radius 2 is 1.07 bits per heavy atom. The van der Waals surface area contributed by atoms with E-state index < -0.39 is 0 Å². The number of hydrogen-bond donors (Lipinski definition) is 0. The highest BCUT2D eigenvalue weighted by Gasteiger charge is 2.25. The van der Waals surface area contributed by atoms with Gasteiger partial charge < -0.3 is 0 Å². The van der Waals surface area contributed by atoms with Crippen molar-refractivity contribution >= 4 is 96.7 Å². The van der Waals surface area contributed by atoms with Gasteiger partial charge in [0.15, 0.2) is 0 Å². The number of nitrogens with zero attached hydrogens (tertiary/aromatic N) is 3. The van der Waals surface area contributed by atoms with E-state index in [-0.39, 0.29) is 0 Å². The number of aromatic nitrogens is 3. The van der Waals surface area contributed by atoms with E-state index in [1.165, 1.54) is 79.9 Å². The molecule has 4 heteroatoms. The Labute approximate surface area is 314 Å². The second-order valence-electron chi connectivity index (χ2n) is 14.1. The van der Waals surface area contributed by atoms with Gasteiger partial charge in [-0.25, -0.2) is 4.98 Å². The fourth-order valence-corrected chi connectivity index (χ4v) is 10.2. The van der Waals surface area contributed by atoms with Crippen molar-refractivity contribution in [1.82, 2.24) is 14.5 Å². The Kier molecular flexibility index (Phi) is 6.21. The quantitative estimate of drug-likeness (QED) is 0.172. The first-order valence-corrected chi connectivity index (χ1v) is 19.1. The van der Waals surface area contributed by atoms with Crippen LogP contribution < -0.4 is 0 Å². The lowest BCUT2D eigenvalue weighted by molar-refractivity contribution is 1.10. The van der Waals surface area contributed by atoms with E-state index >= 15 is 0 Å². The number of fused-ring (bicyclic) bond motifs is 16. The van der Waals surface area contributed by atoms with Gasteiger partial charge in [-0.15, -0.1) is 11.3 Å². The second-order valence-corrected chi connectivity index (χ2v) is 15.1. The van der Waals surface area contributed by atoms with Gasteiger partial charge in [0.1, 0.15) is 5.82 Å². The largest absolute Gasteiger partial charge is 0.292 e. The van der Waals surface area contributed by atoms with Gasteiger partial charge in [-0.3, -0.25) is 9.55 Å². The predicted octanol–water partition coefficient (Wildman–Crippen LogP) is 13.9. The van der Waals surface area contributed by atoms with Gasteiger partial charge in [0, 0.05) is 48.8 Å². The highest BCUT2D eigenvalue weighted by Crippen LogP contribution is 2.51. The maximum Gasteiger partial charge on any atom is 0.139 e. The van der Waals surface area contributed by atoms with Crippen molar-refractivity contribution < 1.29 is 0 Å². The first-order chi connectivity index (χ1) is 26.8. The summed E-state index contributed by atoms with van der Waals surface area (Å²) in [6.07, 6.45) is 1.87. The molecule has 0 saturated carbocycles. The molecule has 0 N–H and O–H groups in total. The van der Waals surface area contributed by atoms with Gasteiger partial charge in [-0.2, -0.15) is 0 Å². The van der Waals surface area contributed by atoms with Crippen molar-refractivity contribution in [2.45, 2.75) is 0 Å². The van der Waals surface area contributed by atoms with E-state index in [1.54, 1.807) is 0 Å². The van der Waals surface area contributed by atoms with Crippen molar-refractivity contribution in [2.24, 2.45) is 0 Å². The number of rotatable bonds is 3. The minimum Gasteiger partial charge on any atom is -0.292 e. The number of hydrogen-bond acceptors (Lipinski definition) is 3. The van der Waals surface area contributed by atoms with Crippen LogP contribution in [0.4, 0.5) is 0 Å². The van der Waals surface area contributed by atoms with Crippen LogP contribution in [0, 0.1) is 0 Å². The zero-order chi connectivity index (χ0) is 35.3. The van der Waals surface area contributed by atoms with Gasteiger partial charge in [0.05, 0.1) is 26.8 Å². The molecule has 0 fully saturated rings. The third-order valence-corrected chi connectivity index (χ3v) is 12.4. The molecule has 4 aromatic heterocycles. The molecule has 4 heterocycles. The molecule has 8 aromatic carbocycles. The maximum absolute atomic E-state index is 5.44. The van der Waals surface area contributed by atoms with E-state index in [1.807, 2.05) is 23.6 Å². The Morgan fingerprint density at radius 1 is 0.444 bits per heavy atom. The molecule has 0 radical (unpaired) electrons. The standard InChI is InChI=1S/C50H29N3S/c1-2-14-30(15-3-1)31-16-12-17-32(28-31)39-29-43(52-40-24-13-27-51-48(39)40)53-41-25-10-8-22-37(41)46-44-35-20-6-4-18-33(35)34-19-5-7-21-36(34)45(44)47-38-23-9-11-26-42(38)54-50(47)49(46)53/h1-29H. The molecule has 3 nitrogen and oxygen atoms in total. The van der Waals surface area contributed by atoms with Crippen molar-refractivity contribution in [1.29, 1.82) is 0 Å². The summed E-state index contributed by atoms with van der Waals surface area (Å²) in [7, 11) is 0. The van der Waals surface area contributed by atoms with E-state index in [0.717, 1.165) is 33.5 Å². The molecule has 0 aliphatic rings. The average molecular weight is 704 g/mol. The van der Waals surface area contributed by atoms with E-state index in [0.29, 0.717) is 0 Å². The minimum absolute atomic E-state index is 0.867. The van der Waals surface area contributed by atoms with Gasteiger partial charge in [-0.05, 0) is 74.6 Å². The molecule has 0 spiro atoms. The minimum atomic E-state index is 0.867. The first kappa shape index (κ1) is 29.7. The molecule has 12 aromatic rings. The van der Waals surface area contributed by atoms with Crippen LogP contribution in [-0.4, -0.2) is 14.5 Å². The SMILES string of the molecule is c1ccc(-c2cccc(-c3cc(-n4c5ccccc5c5c6c7ccccc7c7ccccc7c6c6c7ccccc7sc6c54)nc4cccnc34)c2)cc1. The molecule has 0 atom stereocenters. The highest BCUT2D eigenvalue weighted by molar-refractivity contribution is 7.27. The Bertz CT molecular complexity index is 3500. The molecule has 250 valence electrons. The number of benzene rings is 8. The summed E-state index contributed by atoms with van der Waals surface area (Å²) in [5.74, 6) is 0.880. The Hall–Kier alpha value is -6.88. The second kappa shape index (κ2) is 11.3. The molecule has 0 saturated heterocycles. The van der Waals surface area contributed by atoms with E-state index in [2.05, 4.69) is 168 Å². The normalized spacial score (nSPS) is 12.1. The van der Waals surface area contributed by atoms with Crippen LogP contribution in [0.5, 0.6) is 0 Å². The monoisotopic (exact) mass is 703 g/mol. The molecule has 0 unspecified atom stereocenters. The van der Waals surface area contributed by atoms with Gasteiger partial charge in [-0.1, -0.05) is 133 Å². The fourth-order valence-electron chi connectivity index (χ4n) is 8.95. The molecule has 0 aliphatic carbocycles. The van der Waals surface area contributed by atoms with Crippen LogP contribution in [0.3, 0.4) is 0 Å². The van der Waals surface area contributed by atoms with Crippen molar-refractivity contribution in [3.8, 4) is 28.1 Å². The summed E-state index contributed by atoms with van der Waals surface area (Å²) in [4.78, 5) is 10.4. The zero-order valence-corrected chi connectivity index (χ0v) is 29.8. The van der Waals surface area contributed by atoms with Crippen LogP contribution in [0.15, 0.2) is 176 Å². The van der Waals surface area contributed by atoms with Gasteiger partial charge in [0.25, 0.3) is 0 Å². The summed E-state index contributed by atoms with van der Waals surface area (Å²) in [5, 5.41) is 12.8. The highest BCUT2D eigenvalue weighted by atomic mass is 32.1. The number of thiophene rings is 1. The van der Waals surface area contributed by atoms with Crippen molar-refractivity contribution in [3.63, 3.8) is 0 Å². The fraction of sp³-hybridized carbons (Fsp3) is 0. The zero-order valence-electron chi connectivity index (χ0n) is 29.0. The maximum atomic E-state index is 5.44. The molecule has 0 amide bonds. The topological polar surface area (TPSA) is 30.7 Å². The van der Waals surface area contributed by atoms with Crippen LogP contribution in [-0.2, 0) is 0 Å². The third kappa shape index (κ3) is 4.11.